The van der Waals surface area contributed by atoms with Crippen LogP contribution in [0, 0.1) is 50.8 Å². The van der Waals surface area contributed by atoms with Gasteiger partial charge in [-0.2, -0.15) is 0 Å². The maximum Gasteiger partial charge on any atom is 3.00 e. The Morgan fingerprint density at radius 1 is 0.550 bits per heavy atom. The van der Waals surface area contributed by atoms with Crippen LogP contribution in [0.25, 0.3) is 0 Å². The topological polar surface area (TPSA) is 57.2 Å². The van der Waals surface area contributed by atoms with Gasteiger partial charge in [0.2, 0.25) is 0 Å². The molecule has 0 bridgehead atoms. The fraction of sp³-hybridized carbons (Fsp3) is 0.914. The Morgan fingerprint density at radius 3 is 1.07 bits per heavy atom. The first-order chi connectivity index (χ1) is 18.2. The molecule has 0 rings (SSSR count). The summed E-state index contributed by atoms with van der Waals surface area (Å²) in [5.74, 6) is -0.208. The van der Waals surface area contributed by atoms with Gasteiger partial charge in [-0.15, -0.1) is 5.76 Å². The van der Waals surface area contributed by atoms with E-state index in [0.29, 0.717) is 0 Å². The van der Waals surface area contributed by atoms with Crippen LogP contribution in [-0.2, 0) is 9.36 Å². The minimum atomic E-state index is -1.89. The van der Waals surface area contributed by atoms with Crippen molar-refractivity contribution in [1.29, 1.82) is 0 Å². The molecule has 0 aliphatic carbocycles. The molecule has 0 aliphatic rings. The van der Waals surface area contributed by atoms with Crippen molar-refractivity contribution in [2.45, 2.75) is 178 Å². The van der Waals surface area contributed by atoms with Crippen molar-refractivity contribution in [1.82, 2.24) is 0 Å². The van der Waals surface area contributed by atoms with Gasteiger partial charge in [0, 0.05) is 23.9 Å². The number of unbranched alkanes of at least 4 members (excludes halogenated alkanes) is 15. The van der Waals surface area contributed by atoms with Crippen molar-refractivity contribution < 1.29 is 54.4 Å². The molecule has 0 aromatic carbocycles. The number of allylic oxidation sites excluding steroid dienone is 2. The third kappa shape index (κ3) is 28.9. The van der Waals surface area contributed by atoms with Crippen LogP contribution in [0.15, 0.2) is 11.8 Å². The quantitative estimate of drug-likeness (QED) is 0.0483. The van der Waals surface area contributed by atoms with E-state index >= 15 is 0 Å². The first-order valence-electron chi connectivity index (χ1n) is 16.7. The second-order valence-corrected chi connectivity index (χ2v) is 17.4. The fourth-order valence-electron chi connectivity index (χ4n) is 4.43. The summed E-state index contributed by atoms with van der Waals surface area (Å²) in [4.78, 5) is 11.4. The van der Waals surface area contributed by atoms with Crippen LogP contribution in [0.4, 0.5) is 0 Å². The Bertz CT molecular complexity index is 611. The molecule has 3 nitrogen and oxygen atoms in total. The number of carbonyl (C=O) groups is 1. The largest absolute Gasteiger partial charge is 3.00 e. The van der Waals surface area contributed by atoms with Gasteiger partial charge in [-0.25, -0.2) is 0 Å². The van der Waals surface area contributed by atoms with Crippen LogP contribution in [0.3, 0.4) is 0 Å². The molecule has 0 amide bonds. The first kappa shape index (κ1) is 45.2. The monoisotopic (exact) mass is 727 g/mol. The van der Waals surface area contributed by atoms with E-state index in [1.165, 1.54) is 122 Å². The van der Waals surface area contributed by atoms with Gasteiger partial charge in [0.25, 0.3) is 0 Å². The molecule has 0 heterocycles. The zero-order valence-corrected chi connectivity index (χ0v) is 31.6. The second kappa shape index (κ2) is 27.3. The third-order valence-electron chi connectivity index (χ3n) is 7.50. The van der Waals surface area contributed by atoms with Gasteiger partial charge < -0.3 is 9.67 Å². The SMILES string of the molecule is CC(C)(C)C(=O)/C=C(\[O-])C(C)(C)C.CCCCCCCCP(=O)(CCCCCCCC)CCCCCCCC.[Gd+3]. The van der Waals surface area contributed by atoms with Crippen LogP contribution in [0.1, 0.15) is 178 Å². The summed E-state index contributed by atoms with van der Waals surface area (Å²) >= 11 is 0. The molecular weight excluding hydrogens is 657 g/mol. The summed E-state index contributed by atoms with van der Waals surface area (Å²) in [6.07, 6.45) is 28.1. The van der Waals surface area contributed by atoms with Gasteiger partial charge >= 0.3 is 39.9 Å². The molecule has 1 radical (unpaired) electrons. The van der Waals surface area contributed by atoms with E-state index in [0.717, 1.165) is 18.5 Å². The van der Waals surface area contributed by atoms with E-state index < -0.39 is 18.0 Å². The molecule has 0 unspecified atom stereocenters. The summed E-state index contributed by atoms with van der Waals surface area (Å²) in [6.45, 7) is 17.7. The summed E-state index contributed by atoms with van der Waals surface area (Å²) in [7, 11) is -1.89. The molecule has 40 heavy (non-hydrogen) atoms. The zero-order chi connectivity index (χ0) is 30.2. The molecular formula is C35H70GdO3P+2. The summed E-state index contributed by atoms with van der Waals surface area (Å²) in [5.41, 5.74) is -0.915. The van der Waals surface area contributed by atoms with Gasteiger partial charge in [-0.3, -0.25) is 4.79 Å². The minimum absolute atomic E-state index is 0. The van der Waals surface area contributed by atoms with Gasteiger partial charge in [-0.05, 0) is 30.8 Å². The first-order valence-corrected chi connectivity index (χ1v) is 19.0. The van der Waals surface area contributed by atoms with E-state index in [4.69, 9.17) is 0 Å². The predicted octanol–water partition coefficient (Wildman–Crippen LogP) is 11.3. The number of hydrogen-bond acceptors (Lipinski definition) is 3. The number of rotatable bonds is 22. The molecule has 0 aliphatic heterocycles. The van der Waals surface area contributed by atoms with Gasteiger partial charge in [0.15, 0.2) is 5.78 Å². The summed E-state index contributed by atoms with van der Waals surface area (Å²) in [6, 6.07) is 0. The Labute approximate surface area is 284 Å². The Balaban J connectivity index is -0.000000825. The van der Waals surface area contributed by atoms with Crippen molar-refractivity contribution in [2.75, 3.05) is 18.5 Å². The van der Waals surface area contributed by atoms with Crippen molar-refractivity contribution in [3.05, 3.63) is 11.8 Å². The van der Waals surface area contributed by atoms with E-state index in [-0.39, 0.29) is 51.5 Å². The smallest absolute Gasteiger partial charge is 0.875 e. The minimum Gasteiger partial charge on any atom is -0.875 e. The van der Waals surface area contributed by atoms with Gasteiger partial charge in [0.05, 0.1) is 7.14 Å². The van der Waals surface area contributed by atoms with Crippen LogP contribution >= 0.6 is 7.14 Å². The fourth-order valence-corrected chi connectivity index (χ4v) is 7.50. The molecule has 0 aromatic rings. The maximum absolute atomic E-state index is 13.5. The van der Waals surface area contributed by atoms with Gasteiger partial charge in [0.1, 0.15) is 0 Å². The summed E-state index contributed by atoms with van der Waals surface area (Å²) in [5, 5.41) is 11.4. The van der Waals surface area contributed by atoms with Crippen molar-refractivity contribution in [3.63, 3.8) is 0 Å². The molecule has 0 saturated carbocycles. The molecule has 0 atom stereocenters. The van der Waals surface area contributed by atoms with E-state index in [9.17, 15) is 14.5 Å². The van der Waals surface area contributed by atoms with Crippen LogP contribution in [-0.4, -0.2) is 24.3 Å². The average molecular weight is 727 g/mol. The Kier molecular flexibility index (Phi) is 30.9. The molecule has 5 heteroatoms. The van der Waals surface area contributed by atoms with Gasteiger partial charge in [-0.1, -0.05) is 159 Å². The molecule has 0 aromatic heterocycles. The summed E-state index contributed by atoms with van der Waals surface area (Å²) < 4.78 is 13.5. The second-order valence-electron chi connectivity index (χ2n) is 13.9. The van der Waals surface area contributed by atoms with Crippen LogP contribution in [0.2, 0.25) is 0 Å². The van der Waals surface area contributed by atoms with E-state index in [1.54, 1.807) is 0 Å². The molecule has 0 saturated heterocycles. The number of hydrogen-bond donors (Lipinski definition) is 0. The molecule has 0 N–H and O–H groups in total. The average Bonchev–Trinajstić information content (AvgIpc) is 2.85. The molecule has 239 valence electrons. The van der Waals surface area contributed by atoms with E-state index in [1.807, 2.05) is 41.5 Å². The van der Waals surface area contributed by atoms with Crippen molar-refractivity contribution in [2.24, 2.45) is 10.8 Å². The molecule has 0 fully saturated rings. The van der Waals surface area contributed by atoms with Crippen LogP contribution in [0.5, 0.6) is 0 Å². The number of carbonyl (C=O) groups excluding carboxylic acids is 1. The normalized spacial score (nSPS) is 12.5. The van der Waals surface area contributed by atoms with Crippen molar-refractivity contribution >= 4 is 12.9 Å². The maximum atomic E-state index is 13.5. The Morgan fingerprint density at radius 2 is 0.825 bits per heavy atom. The van der Waals surface area contributed by atoms with Crippen molar-refractivity contribution in [3.8, 4) is 0 Å². The van der Waals surface area contributed by atoms with E-state index in [2.05, 4.69) is 20.8 Å². The number of ketones is 1. The predicted molar refractivity (Wildman–Crippen MR) is 174 cm³/mol. The van der Waals surface area contributed by atoms with Crippen LogP contribution < -0.4 is 5.11 Å². The Hall–Kier alpha value is 0.765. The zero-order valence-electron chi connectivity index (χ0n) is 28.5. The molecule has 0 spiro atoms. The standard InChI is InChI=1S/C24H51OP.C11H20O2.Gd/c1-4-7-10-13-16-19-22-26(25,23-20-17-14-11-8-5-2)24-21-18-15-12-9-6-3;1-10(2,3)8(12)7-9(13)11(4,5)6;/h4-24H2,1-3H3;7,12H,1-6H3;/q;;+3/p-1/b;8-7-;. The third-order valence-corrected chi connectivity index (χ3v) is 10.9.